The Hall–Kier alpha value is -2.31. The standard InChI is InChI=1S/C12H18N4O3/c1-7(2)11(12(14)19)15-9(17)6-16-5-8(13)3-4-10(16)18/h3-5,7,11H,6,13H2,1-2H3,(H2,14,19)(H,15,17). The molecular weight excluding hydrogens is 248 g/mol. The van der Waals surface area contributed by atoms with E-state index in [-0.39, 0.29) is 18.0 Å². The van der Waals surface area contributed by atoms with Crippen LogP contribution in [-0.2, 0) is 16.1 Å². The van der Waals surface area contributed by atoms with Crippen molar-refractivity contribution < 1.29 is 9.59 Å². The Morgan fingerprint density at radius 3 is 2.53 bits per heavy atom. The summed E-state index contributed by atoms with van der Waals surface area (Å²) in [5.74, 6) is -1.20. The van der Waals surface area contributed by atoms with Crippen molar-refractivity contribution in [3.8, 4) is 0 Å². The number of carbonyl (C=O) groups is 2. The van der Waals surface area contributed by atoms with E-state index < -0.39 is 17.9 Å². The number of amides is 2. The number of nitrogens with zero attached hydrogens (tertiary/aromatic N) is 1. The summed E-state index contributed by atoms with van der Waals surface area (Å²) in [6, 6.07) is 1.97. The summed E-state index contributed by atoms with van der Waals surface area (Å²) in [7, 11) is 0. The third-order valence-corrected chi connectivity index (χ3v) is 2.61. The average Bonchev–Trinajstić information content (AvgIpc) is 2.30. The zero-order valence-electron chi connectivity index (χ0n) is 10.9. The summed E-state index contributed by atoms with van der Waals surface area (Å²) in [4.78, 5) is 34.4. The molecule has 0 aliphatic rings. The number of nitrogen functional groups attached to an aromatic ring is 1. The van der Waals surface area contributed by atoms with Crippen molar-refractivity contribution in [3.05, 3.63) is 28.7 Å². The van der Waals surface area contributed by atoms with Gasteiger partial charge in [0, 0.05) is 18.0 Å². The first kappa shape index (κ1) is 14.7. The van der Waals surface area contributed by atoms with Crippen LogP contribution in [0.3, 0.4) is 0 Å². The quantitative estimate of drug-likeness (QED) is 0.636. The average molecular weight is 266 g/mol. The van der Waals surface area contributed by atoms with Crippen molar-refractivity contribution in [3.63, 3.8) is 0 Å². The molecule has 1 rings (SSSR count). The summed E-state index contributed by atoms with van der Waals surface area (Å²) in [5, 5.41) is 2.50. The third kappa shape index (κ3) is 4.13. The van der Waals surface area contributed by atoms with Crippen molar-refractivity contribution in [2.75, 3.05) is 5.73 Å². The number of pyridine rings is 1. The van der Waals surface area contributed by atoms with Crippen LogP contribution in [0.2, 0.25) is 0 Å². The molecule has 19 heavy (non-hydrogen) atoms. The van der Waals surface area contributed by atoms with E-state index in [9.17, 15) is 14.4 Å². The van der Waals surface area contributed by atoms with Gasteiger partial charge in [0.05, 0.1) is 0 Å². The van der Waals surface area contributed by atoms with E-state index in [1.165, 1.54) is 22.9 Å². The van der Waals surface area contributed by atoms with E-state index in [1.807, 2.05) is 0 Å². The zero-order chi connectivity index (χ0) is 14.6. The molecule has 0 spiro atoms. The fourth-order valence-corrected chi connectivity index (χ4v) is 1.61. The van der Waals surface area contributed by atoms with E-state index >= 15 is 0 Å². The number of rotatable bonds is 5. The van der Waals surface area contributed by atoms with Crippen LogP contribution in [-0.4, -0.2) is 22.4 Å². The number of hydrogen-bond donors (Lipinski definition) is 3. The summed E-state index contributed by atoms with van der Waals surface area (Å²) in [6.07, 6.45) is 1.37. The van der Waals surface area contributed by atoms with Crippen LogP contribution >= 0.6 is 0 Å². The molecule has 7 nitrogen and oxygen atoms in total. The maximum atomic E-state index is 11.8. The number of carbonyl (C=O) groups excluding carboxylic acids is 2. The van der Waals surface area contributed by atoms with Gasteiger partial charge >= 0.3 is 0 Å². The highest BCUT2D eigenvalue weighted by atomic mass is 16.2. The van der Waals surface area contributed by atoms with Crippen molar-refractivity contribution in [2.24, 2.45) is 11.7 Å². The summed E-state index contributed by atoms with van der Waals surface area (Å²) in [6.45, 7) is 3.32. The lowest BCUT2D eigenvalue weighted by molar-refractivity contribution is -0.128. The first-order chi connectivity index (χ1) is 8.81. The Morgan fingerprint density at radius 2 is 2.00 bits per heavy atom. The zero-order valence-corrected chi connectivity index (χ0v) is 10.9. The maximum absolute atomic E-state index is 11.8. The molecular formula is C12H18N4O3. The molecule has 2 amide bonds. The SMILES string of the molecule is CC(C)C(NC(=O)Cn1cc(N)ccc1=O)C(N)=O. The summed E-state index contributed by atoms with van der Waals surface area (Å²) >= 11 is 0. The van der Waals surface area contributed by atoms with Gasteiger partial charge in [-0.1, -0.05) is 13.8 Å². The predicted octanol–water partition coefficient (Wildman–Crippen LogP) is -0.943. The molecule has 0 radical (unpaired) electrons. The number of nitrogens with two attached hydrogens (primary N) is 2. The van der Waals surface area contributed by atoms with Gasteiger partial charge in [-0.2, -0.15) is 0 Å². The lowest BCUT2D eigenvalue weighted by Gasteiger charge is -2.19. The highest BCUT2D eigenvalue weighted by Gasteiger charge is 2.21. The van der Waals surface area contributed by atoms with E-state index in [1.54, 1.807) is 13.8 Å². The number of hydrogen-bond acceptors (Lipinski definition) is 4. The van der Waals surface area contributed by atoms with Gasteiger partial charge in [0.2, 0.25) is 11.8 Å². The van der Waals surface area contributed by atoms with Crippen LogP contribution in [0, 0.1) is 5.92 Å². The molecule has 0 aliphatic heterocycles. The van der Waals surface area contributed by atoms with Crippen molar-refractivity contribution in [1.82, 2.24) is 9.88 Å². The van der Waals surface area contributed by atoms with E-state index in [4.69, 9.17) is 11.5 Å². The van der Waals surface area contributed by atoms with Crippen LogP contribution in [0.25, 0.3) is 0 Å². The molecule has 0 aliphatic carbocycles. The molecule has 1 unspecified atom stereocenters. The van der Waals surface area contributed by atoms with Gasteiger partial charge in [-0.15, -0.1) is 0 Å². The Bertz CT molecular complexity index is 536. The molecule has 0 saturated carbocycles. The first-order valence-electron chi connectivity index (χ1n) is 5.86. The normalized spacial score (nSPS) is 12.2. The predicted molar refractivity (Wildman–Crippen MR) is 71.1 cm³/mol. The Balaban J connectivity index is 2.77. The largest absolute Gasteiger partial charge is 0.398 e. The lowest BCUT2D eigenvalue weighted by Crippen LogP contribution is -2.49. The second kappa shape index (κ2) is 6.03. The van der Waals surface area contributed by atoms with E-state index in [0.717, 1.165) is 0 Å². The second-order valence-electron chi connectivity index (χ2n) is 4.62. The van der Waals surface area contributed by atoms with Gasteiger partial charge in [-0.05, 0) is 12.0 Å². The van der Waals surface area contributed by atoms with Crippen LogP contribution < -0.4 is 22.3 Å². The number of aromatic nitrogens is 1. The molecule has 0 bridgehead atoms. The fraction of sp³-hybridized carbons (Fsp3) is 0.417. The minimum absolute atomic E-state index is 0.126. The highest BCUT2D eigenvalue weighted by molar-refractivity contribution is 5.86. The Kier molecular flexibility index (Phi) is 4.68. The molecule has 1 heterocycles. The van der Waals surface area contributed by atoms with Crippen molar-refractivity contribution in [1.29, 1.82) is 0 Å². The Labute approximate surface area is 110 Å². The van der Waals surface area contributed by atoms with E-state index in [2.05, 4.69) is 5.32 Å². The monoisotopic (exact) mass is 266 g/mol. The molecule has 104 valence electrons. The molecule has 0 aromatic carbocycles. The van der Waals surface area contributed by atoms with Gasteiger partial charge in [0.25, 0.3) is 5.56 Å². The van der Waals surface area contributed by atoms with E-state index in [0.29, 0.717) is 5.69 Å². The Morgan fingerprint density at radius 1 is 1.37 bits per heavy atom. The molecule has 0 saturated heterocycles. The second-order valence-corrected chi connectivity index (χ2v) is 4.62. The van der Waals surface area contributed by atoms with Gasteiger partial charge < -0.3 is 21.4 Å². The molecule has 1 aromatic heterocycles. The molecule has 5 N–H and O–H groups in total. The van der Waals surface area contributed by atoms with Gasteiger partial charge in [-0.3, -0.25) is 14.4 Å². The molecule has 7 heteroatoms. The van der Waals surface area contributed by atoms with Gasteiger partial charge in [-0.25, -0.2) is 0 Å². The summed E-state index contributed by atoms with van der Waals surface area (Å²) in [5.41, 5.74) is 10.8. The van der Waals surface area contributed by atoms with Gasteiger partial charge in [0.15, 0.2) is 0 Å². The molecule has 0 fully saturated rings. The molecule has 1 aromatic rings. The summed E-state index contributed by atoms with van der Waals surface area (Å²) < 4.78 is 1.17. The number of primary amides is 1. The van der Waals surface area contributed by atoms with Crippen LogP contribution in [0.15, 0.2) is 23.1 Å². The topological polar surface area (TPSA) is 120 Å². The smallest absolute Gasteiger partial charge is 0.251 e. The third-order valence-electron chi connectivity index (χ3n) is 2.61. The lowest BCUT2D eigenvalue weighted by atomic mass is 10.0. The number of anilines is 1. The highest BCUT2D eigenvalue weighted by Crippen LogP contribution is 2.01. The number of nitrogens with one attached hydrogen (secondary N) is 1. The maximum Gasteiger partial charge on any atom is 0.251 e. The van der Waals surface area contributed by atoms with Crippen LogP contribution in [0.4, 0.5) is 5.69 Å². The van der Waals surface area contributed by atoms with Crippen LogP contribution in [0.1, 0.15) is 13.8 Å². The van der Waals surface area contributed by atoms with Crippen molar-refractivity contribution >= 4 is 17.5 Å². The van der Waals surface area contributed by atoms with Crippen molar-refractivity contribution in [2.45, 2.75) is 26.4 Å². The minimum Gasteiger partial charge on any atom is -0.398 e. The van der Waals surface area contributed by atoms with Gasteiger partial charge in [0.1, 0.15) is 12.6 Å². The molecule has 1 atom stereocenters. The minimum atomic E-state index is -0.760. The first-order valence-corrected chi connectivity index (χ1v) is 5.86. The van der Waals surface area contributed by atoms with Crippen LogP contribution in [0.5, 0.6) is 0 Å². The fourth-order valence-electron chi connectivity index (χ4n) is 1.61.